The molecule has 6 heteroatoms. The van der Waals surface area contributed by atoms with Crippen LogP contribution in [0, 0.1) is 17.3 Å². The fraction of sp³-hybridized carbons (Fsp3) is 0.950. The molecule has 0 spiro atoms. The molecule has 2 bridgehead atoms. The van der Waals surface area contributed by atoms with E-state index in [2.05, 4.69) is 27.7 Å². The summed E-state index contributed by atoms with van der Waals surface area (Å²) in [6.07, 6.45) is 3.91. The van der Waals surface area contributed by atoms with E-state index in [0.29, 0.717) is 23.8 Å². The maximum Gasteiger partial charge on any atom is 0.482 e. The van der Waals surface area contributed by atoms with Gasteiger partial charge in [-0.3, -0.25) is 0 Å². The molecule has 5 nitrogen and oxygen atoms in total. The molecule has 5 aliphatic rings. The Labute approximate surface area is 158 Å². The lowest BCUT2D eigenvalue weighted by Gasteiger charge is -2.67. The number of hydrogen-bond acceptors (Lipinski definition) is 4. The van der Waals surface area contributed by atoms with Gasteiger partial charge < -0.3 is 18.9 Å². The number of hydrogen-bond donors (Lipinski definition) is 0. The predicted molar refractivity (Wildman–Crippen MR) is 101 cm³/mol. The van der Waals surface area contributed by atoms with Gasteiger partial charge in [-0.1, -0.05) is 13.8 Å². The average Bonchev–Trinajstić information content (AvgIpc) is 3.06. The Morgan fingerprint density at radius 1 is 1.19 bits per heavy atom. The highest BCUT2D eigenvalue weighted by Crippen LogP contribution is 2.69. The lowest BCUT2D eigenvalue weighted by Crippen LogP contribution is -2.70. The average molecular weight is 363 g/mol. The molecule has 26 heavy (non-hydrogen) atoms. The number of carbonyl (C=O) groups is 1. The second-order valence-corrected chi connectivity index (χ2v) is 10.8. The standard InChI is InChI=1S/C20H34BNO4/c1-17(2,3)24-16(23)22-10-8-9-15(22)21-25-19(6)12-13-11-14(18(13,4)5)20(19,7)26-21/h13-15H,8-12H2,1-7H3/t13-,14-,15?,19+,20-/m0/s1. The molecule has 5 rings (SSSR count). The van der Waals surface area contributed by atoms with Crippen LogP contribution in [0.4, 0.5) is 4.79 Å². The van der Waals surface area contributed by atoms with Crippen molar-refractivity contribution >= 4 is 13.2 Å². The molecule has 3 saturated carbocycles. The smallest absolute Gasteiger partial charge is 0.444 e. The zero-order valence-corrected chi connectivity index (χ0v) is 17.4. The van der Waals surface area contributed by atoms with Gasteiger partial charge in [-0.05, 0) is 77.6 Å². The summed E-state index contributed by atoms with van der Waals surface area (Å²) in [4.78, 5) is 14.5. The van der Waals surface area contributed by atoms with Gasteiger partial charge in [0.2, 0.25) is 0 Å². The molecule has 0 aromatic rings. The first kappa shape index (κ1) is 18.6. The second-order valence-electron chi connectivity index (χ2n) is 10.8. The van der Waals surface area contributed by atoms with Crippen LogP contribution in [0.3, 0.4) is 0 Å². The van der Waals surface area contributed by atoms with Gasteiger partial charge in [-0.2, -0.15) is 0 Å². The molecule has 0 N–H and O–H groups in total. The van der Waals surface area contributed by atoms with Gasteiger partial charge in [0.05, 0.1) is 17.1 Å². The van der Waals surface area contributed by atoms with Crippen molar-refractivity contribution in [2.45, 2.75) is 96.9 Å². The Bertz CT molecular complexity index is 617. The molecule has 0 aromatic carbocycles. The summed E-state index contributed by atoms with van der Waals surface area (Å²) in [5.74, 6) is 1.17. The topological polar surface area (TPSA) is 48.0 Å². The number of nitrogens with zero attached hydrogens (tertiary/aromatic N) is 1. The summed E-state index contributed by atoms with van der Waals surface area (Å²) in [5, 5.41) is 0. The van der Waals surface area contributed by atoms with Gasteiger partial charge in [-0.25, -0.2) is 4.79 Å². The molecule has 2 heterocycles. The molecule has 5 atom stereocenters. The van der Waals surface area contributed by atoms with Crippen LogP contribution in [0.1, 0.15) is 74.1 Å². The van der Waals surface area contributed by atoms with E-state index in [1.807, 2.05) is 25.7 Å². The largest absolute Gasteiger partial charge is 0.482 e. The van der Waals surface area contributed by atoms with Gasteiger partial charge >= 0.3 is 13.2 Å². The van der Waals surface area contributed by atoms with Crippen molar-refractivity contribution in [3.8, 4) is 0 Å². The Balaban J connectivity index is 1.54. The third-order valence-electron chi connectivity index (χ3n) is 7.80. The van der Waals surface area contributed by atoms with Crippen molar-refractivity contribution in [3.63, 3.8) is 0 Å². The maximum absolute atomic E-state index is 12.7. The minimum atomic E-state index is -0.487. The van der Waals surface area contributed by atoms with Gasteiger partial charge in [0.15, 0.2) is 0 Å². The van der Waals surface area contributed by atoms with Crippen molar-refractivity contribution in [2.75, 3.05) is 6.54 Å². The summed E-state index contributed by atoms with van der Waals surface area (Å²) in [6.45, 7) is 15.6. The van der Waals surface area contributed by atoms with Gasteiger partial charge in [0.25, 0.3) is 0 Å². The molecule has 1 unspecified atom stereocenters. The number of carbonyl (C=O) groups excluding carboxylic acids is 1. The Morgan fingerprint density at radius 2 is 1.88 bits per heavy atom. The van der Waals surface area contributed by atoms with E-state index in [4.69, 9.17) is 14.0 Å². The number of ether oxygens (including phenoxy) is 1. The molecule has 5 fully saturated rings. The van der Waals surface area contributed by atoms with E-state index in [1.54, 1.807) is 0 Å². The van der Waals surface area contributed by atoms with Crippen molar-refractivity contribution in [1.29, 1.82) is 0 Å². The Kier molecular flexibility index (Phi) is 3.87. The fourth-order valence-electron chi connectivity index (χ4n) is 6.01. The van der Waals surface area contributed by atoms with E-state index in [1.165, 1.54) is 6.42 Å². The lowest BCUT2D eigenvalue weighted by atomic mass is 9.41. The second kappa shape index (κ2) is 5.41. The first-order valence-corrected chi connectivity index (χ1v) is 10.2. The third kappa shape index (κ3) is 2.47. The van der Waals surface area contributed by atoms with E-state index >= 15 is 0 Å². The quantitative estimate of drug-likeness (QED) is 0.660. The van der Waals surface area contributed by atoms with E-state index in [-0.39, 0.29) is 30.4 Å². The summed E-state index contributed by atoms with van der Waals surface area (Å²) < 4.78 is 18.9. The minimum absolute atomic E-state index is 0.0515. The molecule has 1 amide bonds. The first-order valence-electron chi connectivity index (χ1n) is 10.2. The monoisotopic (exact) mass is 363 g/mol. The van der Waals surface area contributed by atoms with Crippen molar-refractivity contribution in [2.24, 2.45) is 17.3 Å². The van der Waals surface area contributed by atoms with E-state index < -0.39 is 5.60 Å². The van der Waals surface area contributed by atoms with Crippen molar-refractivity contribution in [3.05, 3.63) is 0 Å². The molecule has 146 valence electrons. The van der Waals surface area contributed by atoms with Crippen LogP contribution in [0.25, 0.3) is 0 Å². The third-order valence-corrected chi connectivity index (χ3v) is 7.80. The highest BCUT2D eigenvalue weighted by Gasteiger charge is 2.73. The zero-order chi connectivity index (χ0) is 19.1. The summed E-state index contributed by atoms with van der Waals surface area (Å²) in [6, 6.07) is 0. The highest BCUT2D eigenvalue weighted by molar-refractivity contribution is 6.48. The van der Waals surface area contributed by atoms with Crippen LogP contribution >= 0.6 is 0 Å². The van der Waals surface area contributed by atoms with E-state index in [9.17, 15) is 4.79 Å². The predicted octanol–water partition coefficient (Wildman–Crippen LogP) is 4.04. The molecular formula is C20H34BNO4. The normalized spacial score (nSPS) is 43.9. The fourth-order valence-corrected chi connectivity index (χ4v) is 6.01. The lowest BCUT2D eigenvalue weighted by molar-refractivity contribution is -0.235. The van der Waals surface area contributed by atoms with Crippen LogP contribution in [0.5, 0.6) is 0 Å². The van der Waals surface area contributed by atoms with E-state index in [0.717, 1.165) is 19.3 Å². The van der Waals surface area contributed by atoms with Gasteiger partial charge in [-0.15, -0.1) is 0 Å². The Morgan fingerprint density at radius 3 is 2.50 bits per heavy atom. The molecule has 2 saturated heterocycles. The Hall–Kier alpha value is -0.745. The number of likely N-dealkylation sites (tertiary alicyclic amines) is 1. The molecular weight excluding hydrogens is 329 g/mol. The summed E-state index contributed by atoms with van der Waals surface area (Å²) in [7, 11) is -0.352. The maximum atomic E-state index is 12.7. The van der Waals surface area contributed by atoms with Crippen molar-refractivity contribution < 1.29 is 18.8 Å². The van der Waals surface area contributed by atoms with Crippen LogP contribution in [-0.2, 0) is 14.0 Å². The number of amides is 1. The van der Waals surface area contributed by atoms with Gasteiger partial charge in [0.1, 0.15) is 5.60 Å². The molecule has 0 radical (unpaired) electrons. The molecule has 3 aliphatic carbocycles. The van der Waals surface area contributed by atoms with Crippen LogP contribution in [0.2, 0.25) is 0 Å². The van der Waals surface area contributed by atoms with Crippen LogP contribution in [0.15, 0.2) is 0 Å². The van der Waals surface area contributed by atoms with Crippen LogP contribution in [-0.4, -0.2) is 47.4 Å². The SMILES string of the molecule is CC(C)(C)OC(=O)N1CCCC1B1O[C@]2(C)C[C@@H]3C[C@@H](C3(C)C)[C@]2(C)O1. The molecule has 2 aliphatic heterocycles. The number of rotatable bonds is 1. The van der Waals surface area contributed by atoms with Gasteiger partial charge in [0, 0.05) is 6.54 Å². The highest BCUT2D eigenvalue weighted by atomic mass is 16.7. The van der Waals surface area contributed by atoms with Crippen molar-refractivity contribution in [1.82, 2.24) is 4.90 Å². The first-order chi connectivity index (χ1) is 11.9. The molecule has 0 aromatic heterocycles. The van der Waals surface area contributed by atoms with Crippen LogP contribution < -0.4 is 0 Å². The summed E-state index contributed by atoms with van der Waals surface area (Å²) >= 11 is 0. The minimum Gasteiger partial charge on any atom is -0.444 e. The zero-order valence-electron chi connectivity index (χ0n) is 17.4. The summed E-state index contributed by atoms with van der Waals surface area (Å²) in [5.41, 5.74) is -0.715.